The van der Waals surface area contributed by atoms with Gasteiger partial charge in [-0.25, -0.2) is 0 Å². The summed E-state index contributed by atoms with van der Waals surface area (Å²) in [5.41, 5.74) is 1.20. The van der Waals surface area contributed by atoms with Gasteiger partial charge in [0.1, 0.15) is 0 Å². The summed E-state index contributed by atoms with van der Waals surface area (Å²) < 4.78 is 0. The summed E-state index contributed by atoms with van der Waals surface area (Å²) in [5, 5.41) is 17.2. The molecule has 21 heavy (non-hydrogen) atoms. The monoisotopic (exact) mass is 288 g/mol. The summed E-state index contributed by atoms with van der Waals surface area (Å²) in [6.45, 7) is 1.35. The van der Waals surface area contributed by atoms with Gasteiger partial charge >= 0.3 is 0 Å². The fourth-order valence-electron chi connectivity index (χ4n) is 4.12. The van der Waals surface area contributed by atoms with Gasteiger partial charge in [0.25, 0.3) is 0 Å². The van der Waals surface area contributed by atoms with Crippen LogP contribution in [0, 0.1) is 5.92 Å². The molecule has 0 spiro atoms. The molecule has 1 aliphatic carbocycles. The van der Waals surface area contributed by atoms with E-state index in [4.69, 9.17) is 0 Å². The minimum Gasteiger partial charge on any atom is -0.394 e. The smallest absolute Gasteiger partial charge is 0.0626 e. The first kappa shape index (κ1) is 15.0. The van der Waals surface area contributed by atoms with Crippen LogP contribution in [0.25, 0.3) is 0 Å². The second kappa shape index (κ2) is 7.39. The third-order valence-electron chi connectivity index (χ3n) is 5.23. The van der Waals surface area contributed by atoms with Gasteiger partial charge < -0.3 is 15.7 Å². The molecule has 0 aromatic heterocycles. The molecule has 1 heterocycles. The predicted octanol–water partition coefficient (Wildman–Crippen LogP) is 2.62. The van der Waals surface area contributed by atoms with Gasteiger partial charge in [-0.3, -0.25) is 0 Å². The molecule has 1 aromatic rings. The van der Waals surface area contributed by atoms with Crippen LogP contribution in [-0.4, -0.2) is 30.3 Å². The summed E-state index contributed by atoms with van der Waals surface area (Å²) in [6.07, 6.45) is 7.87. The van der Waals surface area contributed by atoms with E-state index in [0.717, 1.165) is 5.92 Å². The maximum Gasteiger partial charge on any atom is 0.0626 e. The number of hydrogen-bond donors (Lipinski definition) is 3. The number of rotatable bonds is 5. The molecule has 1 aliphatic heterocycles. The third kappa shape index (κ3) is 3.65. The average Bonchev–Trinajstić information content (AvgIpc) is 3.08. The summed E-state index contributed by atoms with van der Waals surface area (Å²) in [5.74, 6) is 0.721. The highest BCUT2D eigenvalue weighted by Gasteiger charge is 2.34. The average molecular weight is 288 g/mol. The van der Waals surface area contributed by atoms with Crippen molar-refractivity contribution in [1.82, 2.24) is 10.6 Å². The molecule has 0 radical (unpaired) electrons. The third-order valence-corrected chi connectivity index (χ3v) is 5.23. The van der Waals surface area contributed by atoms with Gasteiger partial charge in [0.2, 0.25) is 0 Å². The van der Waals surface area contributed by atoms with Crippen LogP contribution in [-0.2, 0) is 0 Å². The van der Waals surface area contributed by atoms with Crippen LogP contribution in [0.3, 0.4) is 0 Å². The first-order valence-corrected chi connectivity index (χ1v) is 8.53. The van der Waals surface area contributed by atoms with Gasteiger partial charge in [-0.15, -0.1) is 0 Å². The minimum atomic E-state index is 0.0678. The predicted molar refractivity (Wildman–Crippen MR) is 86.2 cm³/mol. The first-order chi connectivity index (χ1) is 10.4. The van der Waals surface area contributed by atoms with E-state index in [0.29, 0.717) is 12.1 Å². The number of aliphatic hydroxyl groups is 1. The maximum absolute atomic E-state index is 9.78. The van der Waals surface area contributed by atoms with Crippen molar-refractivity contribution in [2.24, 2.45) is 5.92 Å². The Morgan fingerprint density at radius 3 is 2.62 bits per heavy atom. The van der Waals surface area contributed by atoms with Gasteiger partial charge in [0.05, 0.1) is 12.6 Å². The maximum atomic E-state index is 9.78. The van der Waals surface area contributed by atoms with Gasteiger partial charge in [-0.1, -0.05) is 43.2 Å². The van der Waals surface area contributed by atoms with E-state index in [2.05, 4.69) is 34.9 Å². The summed E-state index contributed by atoms with van der Waals surface area (Å²) >= 11 is 0. The van der Waals surface area contributed by atoms with Crippen molar-refractivity contribution < 1.29 is 5.11 Å². The van der Waals surface area contributed by atoms with Crippen LogP contribution < -0.4 is 10.6 Å². The molecular formula is C18H28N2O. The Bertz CT molecular complexity index is 416. The highest BCUT2D eigenvalue weighted by molar-refractivity contribution is 5.19. The van der Waals surface area contributed by atoms with E-state index >= 15 is 0 Å². The summed E-state index contributed by atoms with van der Waals surface area (Å²) in [6, 6.07) is 11.6. The summed E-state index contributed by atoms with van der Waals surface area (Å²) in [4.78, 5) is 0. The molecule has 4 atom stereocenters. The highest BCUT2D eigenvalue weighted by Crippen LogP contribution is 2.32. The van der Waals surface area contributed by atoms with Gasteiger partial charge in [0, 0.05) is 12.1 Å². The van der Waals surface area contributed by atoms with Gasteiger partial charge in [-0.2, -0.15) is 0 Å². The second-order valence-corrected chi connectivity index (χ2v) is 6.57. The van der Waals surface area contributed by atoms with Crippen LogP contribution in [0.1, 0.15) is 50.1 Å². The largest absolute Gasteiger partial charge is 0.394 e. The van der Waals surface area contributed by atoms with Crippen LogP contribution in [0.5, 0.6) is 0 Å². The van der Waals surface area contributed by atoms with E-state index in [-0.39, 0.29) is 12.6 Å². The number of benzene rings is 1. The minimum absolute atomic E-state index is 0.0678. The molecule has 2 fully saturated rings. The first-order valence-electron chi connectivity index (χ1n) is 8.53. The Morgan fingerprint density at radius 2 is 1.90 bits per heavy atom. The van der Waals surface area contributed by atoms with Crippen molar-refractivity contribution in [3.05, 3.63) is 35.9 Å². The Morgan fingerprint density at radius 1 is 1.10 bits per heavy atom. The zero-order valence-corrected chi connectivity index (χ0v) is 12.8. The van der Waals surface area contributed by atoms with E-state index in [1.54, 1.807) is 0 Å². The van der Waals surface area contributed by atoms with Crippen LogP contribution in [0.15, 0.2) is 30.3 Å². The molecule has 3 rings (SSSR count). The standard InChI is InChI=1S/C18H28N2O/c21-13-18(14-7-2-1-3-8-14)20-17-10-5-4-9-15(17)16-11-6-12-19-16/h1-3,7-8,15-21H,4-6,9-13H2. The molecule has 1 aromatic carbocycles. The fraction of sp³-hybridized carbons (Fsp3) is 0.667. The molecule has 1 saturated carbocycles. The molecule has 116 valence electrons. The molecule has 2 aliphatic rings. The zero-order valence-electron chi connectivity index (χ0n) is 12.8. The fourth-order valence-corrected chi connectivity index (χ4v) is 4.12. The normalized spacial score (nSPS) is 31.2. The molecule has 3 N–H and O–H groups in total. The lowest BCUT2D eigenvalue weighted by Gasteiger charge is -2.38. The van der Waals surface area contributed by atoms with Crippen molar-refractivity contribution in [2.75, 3.05) is 13.2 Å². The molecule has 0 amide bonds. The van der Waals surface area contributed by atoms with Crippen molar-refractivity contribution in [3.63, 3.8) is 0 Å². The highest BCUT2D eigenvalue weighted by atomic mass is 16.3. The Labute approximate surface area is 128 Å². The van der Waals surface area contributed by atoms with Gasteiger partial charge in [-0.05, 0) is 43.7 Å². The van der Waals surface area contributed by atoms with Crippen LogP contribution in [0.4, 0.5) is 0 Å². The lowest BCUT2D eigenvalue weighted by Crippen LogP contribution is -2.48. The van der Waals surface area contributed by atoms with E-state index in [1.165, 1.54) is 50.6 Å². The zero-order chi connectivity index (χ0) is 14.5. The van der Waals surface area contributed by atoms with E-state index < -0.39 is 0 Å². The number of nitrogens with one attached hydrogen (secondary N) is 2. The Kier molecular flexibility index (Phi) is 5.28. The van der Waals surface area contributed by atoms with Crippen molar-refractivity contribution in [1.29, 1.82) is 0 Å². The number of hydrogen-bond acceptors (Lipinski definition) is 3. The Hall–Kier alpha value is -0.900. The lowest BCUT2D eigenvalue weighted by atomic mass is 9.78. The molecule has 3 heteroatoms. The lowest BCUT2D eigenvalue weighted by molar-refractivity contribution is 0.169. The summed E-state index contributed by atoms with van der Waals surface area (Å²) in [7, 11) is 0. The molecule has 1 saturated heterocycles. The van der Waals surface area contributed by atoms with Gasteiger partial charge in [0.15, 0.2) is 0 Å². The van der Waals surface area contributed by atoms with Crippen LogP contribution in [0.2, 0.25) is 0 Å². The molecule has 0 bridgehead atoms. The molecule has 4 unspecified atom stereocenters. The van der Waals surface area contributed by atoms with Crippen molar-refractivity contribution >= 4 is 0 Å². The van der Waals surface area contributed by atoms with Crippen molar-refractivity contribution in [3.8, 4) is 0 Å². The van der Waals surface area contributed by atoms with E-state index in [1.807, 2.05) is 6.07 Å². The SMILES string of the molecule is OCC(NC1CCCCC1C1CCCN1)c1ccccc1. The van der Waals surface area contributed by atoms with E-state index in [9.17, 15) is 5.11 Å². The molecule has 3 nitrogen and oxygen atoms in total. The Balaban J connectivity index is 1.68. The topological polar surface area (TPSA) is 44.3 Å². The van der Waals surface area contributed by atoms with Crippen LogP contribution >= 0.6 is 0 Å². The number of aliphatic hydroxyl groups excluding tert-OH is 1. The quantitative estimate of drug-likeness (QED) is 0.780. The second-order valence-electron chi connectivity index (χ2n) is 6.57. The van der Waals surface area contributed by atoms with Crippen molar-refractivity contribution in [2.45, 2.75) is 56.7 Å². The molecular weight excluding hydrogens is 260 g/mol.